The second-order valence-corrected chi connectivity index (χ2v) is 4.79. The molecule has 4 nitrogen and oxygen atoms in total. The Morgan fingerprint density at radius 1 is 1.47 bits per heavy atom. The van der Waals surface area contributed by atoms with Crippen molar-refractivity contribution < 1.29 is 0 Å². The van der Waals surface area contributed by atoms with Gasteiger partial charge in [0, 0.05) is 5.02 Å². The van der Waals surface area contributed by atoms with E-state index in [1.807, 2.05) is 31.2 Å². The molecule has 2 N–H and O–H groups in total. The van der Waals surface area contributed by atoms with Gasteiger partial charge < -0.3 is 5.73 Å². The molecule has 0 bridgehead atoms. The topological polar surface area (TPSA) is 67.6 Å². The monoisotopic (exact) mass is 274 g/mol. The molecule has 0 aliphatic carbocycles. The van der Waals surface area contributed by atoms with Gasteiger partial charge in [-0.25, -0.2) is 4.68 Å². The lowest BCUT2D eigenvalue weighted by atomic mass is 10.2. The smallest absolute Gasteiger partial charge is 0.140 e. The standard InChI is InChI=1S/C14H15ClN4/c1-2-4-13-12(8-16)14(17)19(18-13)9-10-5-3-6-11(15)7-10/h3,5-7H,2,4,9,17H2,1H3. The van der Waals surface area contributed by atoms with E-state index in [-0.39, 0.29) is 0 Å². The van der Waals surface area contributed by atoms with Crippen molar-refractivity contribution in [1.82, 2.24) is 9.78 Å². The SMILES string of the molecule is CCCc1nn(Cc2cccc(Cl)c2)c(N)c1C#N. The van der Waals surface area contributed by atoms with E-state index in [0.29, 0.717) is 22.9 Å². The minimum Gasteiger partial charge on any atom is -0.383 e. The molecule has 0 aliphatic heterocycles. The highest BCUT2D eigenvalue weighted by molar-refractivity contribution is 6.30. The van der Waals surface area contributed by atoms with E-state index in [2.05, 4.69) is 11.2 Å². The molecule has 0 atom stereocenters. The van der Waals surface area contributed by atoms with Gasteiger partial charge in [-0.05, 0) is 24.1 Å². The van der Waals surface area contributed by atoms with E-state index < -0.39 is 0 Å². The molecule has 5 heteroatoms. The molecule has 0 unspecified atom stereocenters. The lowest BCUT2D eigenvalue weighted by molar-refractivity contribution is 0.676. The maximum Gasteiger partial charge on any atom is 0.140 e. The minimum absolute atomic E-state index is 0.422. The molecule has 0 fully saturated rings. The van der Waals surface area contributed by atoms with Crippen LogP contribution < -0.4 is 5.73 Å². The molecule has 0 saturated heterocycles. The summed E-state index contributed by atoms with van der Waals surface area (Å²) >= 11 is 5.95. The summed E-state index contributed by atoms with van der Waals surface area (Å²) in [4.78, 5) is 0. The van der Waals surface area contributed by atoms with Gasteiger partial charge in [-0.2, -0.15) is 10.4 Å². The number of anilines is 1. The van der Waals surface area contributed by atoms with Gasteiger partial charge in [0.1, 0.15) is 17.5 Å². The Kier molecular flexibility index (Phi) is 4.08. The zero-order valence-electron chi connectivity index (χ0n) is 10.7. The van der Waals surface area contributed by atoms with Crippen LogP contribution in [0, 0.1) is 11.3 Å². The van der Waals surface area contributed by atoms with Crippen molar-refractivity contribution in [3.05, 3.63) is 46.1 Å². The third kappa shape index (κ3) is 2.88. The first-order valence-corrected chi connectivity index (χ1v) is 6.53. The van der Waals surface area contributed by atoms with Gasteiger partial charge in [-0.3, -0.25) is 0 Å². The van der Waals surface area contributed by atoms with Crippen LogP contribution in [0.3, 0.4) is 0 Å². The molecule has 1 heterocycles. The van der Waals surface area contributed by atoms with Gasteiger partial charge in [0.05, 0.1) is 12.2 Å². The Hall–Kier alpha value is -1.99. The number of aryl methyl sites for hydroxylation is 1. The van der Waals surface area contributed by atoms with Crippen LogP contribution >= 0.6 is 11.6 Å². The minimum atomic E-state index is 0.422. The number of nitrogens with zero attached hydrogens (tertiary/aromatic N) is 3. The maximum absolute atomic E-state index is 9.14. The zero-order valence-corrected chi connectivity index (χ0v) is 11.5. The molecular weight excluding hydrogens is 260 g/mol. The summed E-state index contributed by atoms with van der Waals surface area (Å²) in [6.45, 7) is 2.57. The quantitative estimate of drug-likeness (QED) is 0.932. The largest absolute Gasteiger partial charge is 0.383 e. The van der Waals surface area contributed by atoms with Gasteiger partial charge in [0.2, 0.25) is 0 Å². The second-order valence-electron chi connectivity index (χ2n) is 4.36. The van der Waals surface area contributed by atoms with Crippen LogP contribution in [0.2, 0.25) is 5.02 Å². The van der Waals surface area contributed by atoms with E-state index in [1.54, 1.807) is 4.68 Å². The number of benzene rings is 1. The number of aromatic nitrogens is 2. The lowest BCUT2D eigenvalue weighted by Gasteiger charge is -2.04. The number of nitrogen functional groups attached to an aromatic ring is 1. The van der Waals surface area contributed by atoms with Gasteiger partial charge in [0.15, 0.2) is 0 Å². The highest BCUT2D eigenvalue weighted by atomic mass is 35.5. The zero-order chi connectivity index (χ0) is 13.8. The molecule has 98 valence electrons. The Morgan fingerprint density at radius 2 is 2.26 bits per heavy atom. The van der Waals surface area contributed by atoms with Crippen LogP contribution in [0.15, 0.2) is 24.3 Å². The fourth-order valence-corrected chi connectivity index (χ4v) is 2.20. The van der Waals surface area contributed by atoms with Crippen LogP contribution in [-0.4, -0.2) is 9.78 Å². The van der Waals surface area contributed by atoms with E-state index in [0.717, 1.165) is 24.1 Å². The maximum atomic E-state index is 9.14. The van der Waals surface area contributed by atoms with Crippen molar-refractivity contribution in [3.63, 3.8) is 0 Å². The molecule has 0 amide bonds. The van der Waals surface area contributed by atoms with Crippen molar-refractivity contribution in [1.29, 1.82) is 5.26 Å². The van der Waals surface area contributed by atoms with Crippen molar-refractivity contribution in [2.24, 2.45) is 0 Å². The molecule has 0 saturated carbocycles. The summed E-state index contributed by atoms with van der Waals surface area (Å²) in [5, 5.41) is 14.2. The summed E-state index contributed by atoms with van der Waals surface area (Å²) in [5.74, 6) is 0.422. The average molecular weight is 275 g/mol. The first-order chi connectivity index (χ1) is 9.15. The molecule has 0 aliphatic rings. The molecule has 19 heavy (non-hydrogen) atoms. The lowest BCUT2D eigenvalue weighted by Crippen LogP contribution is -2.06. The molecule has 1 aromatic heterocycles. The normalized spacial score (nSPS) is 10.4. The Labute approximate surface area is 117 Å². The van der Waals surface area contributed by atoms with E-state index in [9.17, 15) is 0 Å². The van der Waals surface area contributed by atoms with Crippen LogP contribution in [0.25, 0.3) is 0 Å². The summed E-state index contributed by atoms with van der Waals surface area (Å²) in [6.07, 6.45) is 1.69. The predicted molar refractivity (Wildman–Crippen MR) is 75.9 cm³/mol. The number of nitriles is 1. The summed E-state index contributed by atoms with van der Waals surface area (Å²) in [7, 11) is 0. The molecular formula is C14H15ClN4. The fourth-order valence-electron chi connectivity index (χ4n) is 1.99. The first kappa shape index (κ1) is 13.4. The van der Waals surface area contributed by atoms with Crippen LogP contribution in [-0.2, 0) is 13.0 Å². The molecule has 0 spiro atoms. The summed E-state index contributed by atoms with van der Waals surface area (Å²) in [6, 6.07) is 9.66. The van der Waals surface area contributed by atoms with Gasteiger partial charge in [0.25, 0.3) is 0 Å². The number of rotatable bonds is 4. The molecule has 2 rings (SSSR count). The van der Waals surface area contributed by atoms with E-state index in [4.69, 9.17) is 22.6 Å². The second kappa shape index (κ2) is 5.77. The number of halogens is 1. The molecule has 1 aromatic carbocycles. The van der Waals surface area contributed by atoms with Crippen molar-refractivity contribution >= 4 is 17.4 Å². The fraction of sp³-hybridized carbons (Fsp3) is 0.286. The van der Waals surface area contributed by atoms with Crippen LogP contribution in [0.1, 0.15) is 30.2 Å². The van der Waals surface area contributed by atoms with Gasteiger partial charge >= 0.3 is 0 Å². The number of hydrogen-bond donors (Lipinski definition) is 1. The molecule has 2 aromatic rings. The van der Waals surface area contributed by atoms with Crippen molar-refractivity contribution in [2.75, 3.05) is 5.73 Å². The third-order valence-electron chi connectivity index (χ3n) is 2.88. The Balaban J connectivity index is 2.33. The summed E-state index contributed by atoms with van der Waals surface area (Å²) in [5.41, 5.74) is 8.24. The van der Waals surface area contributed by atoms with Gasteiger partial charge in [-0.15, -0.1) is 0 Å². The van der Waals surface area contributed by atoms with Crippen LogP contribution in [0.4, 0.5) is 5.82 Å². The van der Waals surface area contributed by atoms with Crippen molar-refractivity contribution in [3.8, 4) is 6.07 Å². The predicted octanol–water partition coefficient (Wildman–Crippen LogP) is 2.99. The Bertz CT molecular complexity index is 625. The highest BCUT2D eigenvalue weighted by Gasteiger charge is 2.14. The van der Waals surface area contributed by atoms with Gasteiger partial charge in [-0.1, -0.05) is 37.1 Å². The van der Waals surface area contributed by atoms with E-state index in [1.165, 1.54) is 0 Å². The number of nitrogens with two attached hydrogens (primary N) is 1. The van der Waals surface area contributed by atoms with E-state index >= 15 is 0 Å². The average Bonchev–Trinajstić information content (AvgIpc) is 2.66. The highest BCUT2D eigenvalue weighted by Crippen LogP contribution is 2.19. The number of hydrogen-bond acceptors (Lipinski definition) is 3. The molecule has 0 radical (unpaired) electrons. The van der Waals surface area contributed by atoms with Crippen molar-refractivity contribution in [2.45, 2.75) is 26.3 Å². The van der Waals surface area contributed by atoms with Crippen LogP contribution in [0.5, 0.6) is 0 Å². The first-order valence-electron chi connectivity index (χ1n) is 6.15. The Morgan fingerprint density at radius 3 is 2.89 bits per heavy atom. The summed E-state index contributed by atoms with van der Waals surface area (Å²) < 4.78 is 1.66. The third-order valence-corrected chi connectivity index (χ3v) is 3.12.